The Labute approximate surface area is 215 Å². The van der Waals surface area contributed by atoms with E-state index in [1.54, 1.807) is 36.5 Å². The summed E-state index contributed by atoms with van der Waals surface area (Å²) in [7, 11) is 2.13. The smallest absolute Gasteiger partial charge is 0.320 e. The van der Waals surface area contributed by atoms with Gasteiger partial charge in [-0.15, -0.1) is 0 Å². The zero-order valence-corrected chi connectivity index (χ0v) is 21.3. The van der Waals surface area contributed by atoms with E-state index >= 15 is 0 Å². The van der Waals surface area contributed by atoms with Crippen molar-refractivity contribution in [2.24, 2.45) is 0 Å². The Bertz CT molecular complexity index is 1050. The van der Waals surface area contributed by atoms with Crippen molar-refractivity contribution >= 4 is 52.4 Å². The molecule has 2 heterocycles. The van der Waals surface area contributed by atoms with Gasteiger partial charge in [-0.3, -0.25) is 10.1 Å². The van der Waals surface area contributed by atoms with Crippen molar-refractivity contribution in [3.8, 4) is 11.5 Å². The number of pyridine rings is 1. The van der Waals surface area contributed by atoms with Crippen molar-refractivity contribution in [3.63, 3.8) is 0 Å². The van der Waals surface area contributed by atoms with Gasteiger partial charge in [0.1, 0.15) is 17.3 Å². The summed E-state index contributed by atoms with van der Waals surface area (Å²) < 4.78 is 5.84. The zero-order chi connectivity index (χ0) is 25.2. The number of carbonyl (C=O) groups excluding carboxylic acids is 2. The van der Waals surface area contributed by atoms with Crippen LogP contribution in [0.25, 0.3) is 0 Å². The monoisotopic (exact) mass is 519 g/mol. The molecule has 188 valence electrons. The number of aromatic nitrogens is 1. The Morgan fingerprint density at radius 1 is 1.11 bits per heavy atom. The molecule has 12 heteroatoms. The molecule has 1 aliphatic heterocycles. The third-order valence-electron chi connectivity index (χ3n) is 5.22. The van der Waals surface area contributed by atoms with Gasteiger partial charge in [0.2, 0.25) is 5.91 Å². The van der Waals surface area contributed by atoms with Crippen LogP contribution >= 0.6 is 23.8 Å². The number of halogens is 1. The molecule has 2 aromatic rings. The summed E-state index contributed by atoms with van der Waals surface area (Å²) in [6.45, 7) is 7.20. The molecule has 0 aliphatic carbocycles. The van der Waals surface area contributed by atoms with Crippen molar-refractivity contribution in [2.45, 2.75) is 13.3 Å². The molecule has 0 saturated carbocycles. The number of anilines is 2. The molecular weight excluding hydrogens is 490 g/mol. The minimum absolute atomic E-state index is 0.149. The Balaban J connectivity index is 1.45. The van der Waals surface area contributed by atoms with E-state index in [9.17, 15) is 9.59 Å². The molecule has 1 saturated heterocycles. The Morgan fingerprint density at radius 2 is 1.86 bits per heavy atom. The van der Waals surface area contributed by atoms with Gasteiger partial charge in [0.25, 0.3) is 0 Å². The predicted octanol–water partition coefficient (Wildman–Crippen LogP) is 3.12. The van der Waals surface area contributed by atoms with Gasteiger partial charge in [-0.05, 0) is 50.4 Å². The number of carbonyl (C=O) groups is 2. The van der Waals surface area contributed by atoms with Gasteiger partial charge in [-0.25, -0.2) is 9.78 Å². The molecule has 3 rings (SSSR count). The van der Waals surface area contributed by atoms with Gasteiger partial charge < -0.3 is 30.5 Å². The first-order valence-electron chi connectivity index (χ1n) is 11.3. The SMILES string of the molecule is CC(=O)NC(=S)Nc1ccc(Oc2ccnc(NC(=O)NCCCN3CCN(C)CC3)c2)cc1Cl. The van der Waals surface area contributed by atoms with Crippen molar-refractivity contribution in [1.29, 1.82) is 0 Å². The van der Waals surface area contributed by atoms with Crippen LogP contribution < -0.4 is 26.0 Å². The minimum atomic E-state index is -0.318. The number of nitrogens with zero attached hydrogens (tertiary/aromatic N) is 3. The third kappa shape index (κ3) is 9.29. The quantitative estimate of drug-likeness (QED) is 0.311. The molecule has 0 bridgehead atoms. The van der Waals surface area contributed by atoms with Gasteiger partial charge in [-0.1, -0.05) is 11.6 Å². The van der Waals surface area contributed by atoms with Crippen LogP contribution in [-0.2, 0) is 4.79 Å². The fourth-order valence-corrected chi connectivity index (χ4v) is 3.86. The Kier molecular flexibility index (Phi) is 10.0. The number of thiocarbonyl (C=S) groups is 1. The van der Waals surface area contributed by atoms with Crippen molar-refractivity contribution in [3.05, 3.63) is 41.6 Å². The van der Waals surface area contributed by atoms with E-state index < -0.39 is 0 Å². The number of rotatable bonds is 8. The second-order valence-corrected chi connectivity index (χ2v) is 8.95. The number of amides is 3. The highest BCUT2D eigenvalue weighted by atomic mass is 35.5. The van der Waals surface area contributed by atoms with E-state index in [1.807, 2.05) is 0 Å². The van der Waals surface area contributed by atoms with Crippen LogP contribution in [-0.4, -0.2) is 78.2 Å². The predicted molar refractivity (Wildman–Crippen MR) is 141 cm³/mol. The third-order valence-corrected chi connectivity index (χ3v) is 5.74. The van der Waals surface area contributed by atoms with Crippen LogP contribution in [0.2, 0.25) is 5.02 Å². The molecule has 0 radical (unpaired) electrons. The Hall–Kier alpha value is -2.99. The number of piperazine rings is 1. The topological polar surface area (TPSA) is 111 Å². The first kappa shape index (κ1) is 26.6. The van der Waals surface area contributed by atoms with Gasteiger partial charge >= 0.3 is 6.03 Å². The molecule has 0 unspecified atom stereocenters. The Morgan fingerprint density at radius 3 is 2.57 bits per heavy atom. The number of urea groups is 1. The maximum atomic E-state index is 12.2. The second-order valence-electron chi connectivity index (χ2n) is 8.14. The lowest BCUT2D eigenvalue weighted by Gasteiger charge is -2.32. The van der Waals surface area contributed by atoms with E-state index in [-0.39, 0.29) is 17.1 Å². The van der Waals surface area contributed by atoms with Crippen LogP contribution in [0, 0.1) is 0 Å². The normalized spacial score (nSPS) is 14.1. The maximum Gasteiger partial charge on any atom is 0.320 e. The van der Waals surface area contributed by atoms with E-state index in [4.69, 9.17) is 28.6 Å². The number of benzene rings is 1. The lowest BCUT2D eigenvalue weighted by Crippen LogP contribution is -2.45. The highest BCUT2D eigenvalue weighted by Crippen LogP contribution is 2.30. The van der Waals surface area contributed by atoms with Crippen LogP contribution in [0.5, 0.6) is 11.5 Å². The van der Waals surface area contributed by atoms with Crippen LogP contribution in [0.15, 0.2) is 36.5 Å². The highest BCUT2D eigenvalue weighted by molar-refractivity contribution is 7.80. The van der Waals surface area contributed by atoms with Crippen LogP contribution in [0.4, 0.5) is 16.3 Å². The maximum absolute atomic E-state index is 12.2. The lowest BCUT2D eigenvalue weighted by molar-refractivity contribution is -0.117. The van der Waals surface area contributed by atoms with Crippen LogP contribution in [0.3, 0.4) is 0 Å². The van der Waals surface area contributed by atoms with E-state index in [0.29, 0.717) is 34.6 Å². The summed E-state index contributed by atoms with van der Waals surface area (Å²) in [5, 5.41) is 11.4. The molecule has 0 atom stereocenters. The van der Waals surface area contributed by atoms with Gasteiger partial charge in [0.05, 0.1) is 10.7 Å². The van der Waals surface area contributed by atoms with Crippen molar-refractivity contribution < 1.29 is 14.3 Å². The van der Waals surface area contributed by atoms with Gasteiger partial charge in [0.15, 0.2) is 5.11 Å². The average molecular weight is 520 g/mol. The minimum Gasteiger partial charge on any atom is -0.457 e. The molecule has 3 amide bonds. The van der Waals surface area contributed by atoms with Crippen molar-refractivity contribution in [2.75, 3.05) is 56.9 Å². The summed E-state index contributed by atoms with van der Waals surface area (Å²) in [4.78, 5) is 32.2. The number of hydrogen-bond acceptors (Lipinski definition) is 7. The second kappa shape index (κ2) is 13.2. The summed E-state index contributed by atoms with van der Waals surface area (Å²) in [5.41, 5.74) is 0.527. The molecule has 35 heavy (non-hydrogen) atoms. The van der Waals surface area contributed by atoms with E-state index in [0.717, 1.165) is 39.1 Å². The largest absolute Gasteiger partial charge is 0.457 e. The van der Waals surface area contributed by atoms with Crippen LogP contribution in [0.1, 0.15) is 13.3 Å². The summed E-state index contributed by atoms with van der Waals surface area (Å²) in [6.07, 6.45) is 2.43. The molecule has 1 aromatic heterocycles. The molecular formula is C23H30ClN7O3S. The highest BCUT2D eigenvalue weighted by Gasteiger charge is 2.13. The zero-order valence-electron chi connectivity index (χ0n) is 19.8. The average Bonchev–Trinajstić information content (AvgIpc) is 2.79. The lowest BCUT2D eigenvalue weighted by atomic mass is 10.3. The summed E-state index contributed by atoms with van der Waals surface area (Å²) in [5.74, 6) is 1.05. The first-order chi connectivity index (χ1) is 16.8. The van der Waals surface area contributed by atoms with Crippen molar-refractivity contribution in [1.82, 2.24) is 25.4 Å². The number of ether oxygens (including phenoxy) is 1. The van der Waals surface area contributed by atoms with Gasteiger partial charge in [-0.2, -0.15) is 0 Å². The number of likely N-dealkylation sites (N-methyl/N-ethyl adjacent to an activating group) is 1. The first-order valence-corrected chi connectivity index (χ1v) is 12.0. The standard InChI is InChI=1S/C23H30ClN7O3S/c1-16(32)27-23(35)28-20-5-4-17(14-19(20)24)34-18-6-8-25-21(15-18)29-22(33)26-7-3-9-31-12-10-30(2)11-13-31/h4-6,8,14-15H,3,7,9-13H2,1-2H3,(H2,25,26,29,33)(H2,27,28,32,35). The number of nitrogens with one attached hydrogen (secondary N) is 4. The molecule has 1 aliphatic rings. The summed E-state index contributed by atoms with van der Waals surface area (Å²) >= 11 is 11.3. The molecule has 0 spiro atoms. The fourth-order valence-electron chi connectivity index (χ4n) is 3.39. The van der Waals surface area contributed by atoms with Gasteiger partial charge in [0, 0.05) is 58.0 Å². The molecule has 1 fully saturated rings. The fraction of sp³-hybridized carbons (Fsp3) is 0.391. The van der Waals surface area contributed by atoms with E-state index in [1.165, 1.54) is 6.92 Å². The molecule has 1 aromatic carbocycles. The summed E-state index contributed by atoms with van der Waals surface area (Å²) in [6, 6.07) is 7.97. The molecule has 10 nitrogen and oxygen atoms in total. The number of hydrogen-bond donors (Lipinski definition) is 4. The molecule has 4 N–H and O–H groups in total. The van der Waals surface area contributed by atoms with E-state index in [2.05, 4.69) is 43.1 Å².